The minimum atomic E-state index is -0.258. The third kappa shape index (κ3) is 2.77. The largest absolute Gasteiger partial charge is 0.489 e. The number of hydrogen-bond donors (Lipinski definition) is 1. The predicted octanol–water partition coefficient (Wildman–Crippen LogP) is 1.01. The molecule has 1 aliphatic rings. The van der Waals surface area contributed by atoms with Crippen LogP contribution in [-0.2, 0) is 4.79 Å². The van der Waals surface area contributed by atoms with E-state index in [0.717, 1.165) is 18.8 Å². The molecule has 2 rings (SSSR count). The van der Waals surface area contributed by atoms with Gasteiger partial charge in [0.2, 0.25) is 5.91 Å². The van der Waals surface area contributed by atoms with E-state index < -0.39 is 0 Å². The van der Waals surface area contributed by atoms with Crippen LogP contribution in [0.4, 0.5) is 0 Å². The molecule has 0 spiro atoms. The first-order chi connectivity index (χ1) is 8.20. The molecule has 1 amide bonds. The maximum Gasteiger partial charge on any atom is 0.234 e. The molecule has 1 saturated heterocycles. The second-order valence-corrected chi connectivity index (χ2v) is 4.29. The smallest absolute Gasteiger partial charge is 0.234 e. The van der Waals surface area contributed by atoms with E-state index in [4.69, 9.17) is 10.5 Å². The highest BCUT2D eigenvalue weighted by molar-refractivity contribution is 5.80. The molecule has 2 atom stereocenters. The summed E-state index contributed by atoms with van der Waals surface area (Å²) in [6.07, 6.45) is 0.729. The van der Waals surface area contributed by atoms with Crippen molar-refractivity contribution in [2.24, 2.45) is 5.73 Å². The van der Waals surface area contributed by atoms with E-state index in [1.165, 1.54) is 0 Å². The standard InChI is InChI=1S/C13H18N2O2/c1-2-15-9-11(8-12(15)13(14)16)17-10-6-4-3-5-7-10/h3-7,11-12H,2,8-9H2,1H3,(H2,14,16)/t11-,12-/m0/s1. The molecule has 0 radical (unpaired) electrons. The molecule has 17 heavy (non-hydrogen) atoms. The Labute approximate surface area is 101 Å². The first-order valence-electron chi connectivity index (χ1n) is 5.95. The minimum absolute atomic E-state index is 0.0508. The van der Waals surface area contributed by atoms with Gasteiger partial charge in [-0.15, -0.1) is 0 Å². The number of nitrogens with two attached hydrogens (primary N) is 1. The average molecular weight is 234 g/mol. The quantitative estimate of drug-likeness (QED) is 0.846. The number of nitrogens with zero attached hydrogens (tertiary/aromatic N) is 1. The Morgan fingerprint density at radius 1 is 1.47 bits per heavy atom. The van der Waals surface area contributed by atoms with Gasteiger partial charge in [0.25, 0.3) is 0 Å². The van der Waals surface area contributed by atoms with Gasteiger partial charge in [-0.25, -0.2) is 0 Å². The number of rotatable bonds is 4. The Morgan fingerprint density at radius 2 is 2.18 bits per heavy atom. The molecule has 1 heterocycles. The van der Waals surface area contributed by atoms with Gasteiger partial charge in [-0.3, -0.25) is 9.69 Å². The summed E-state index contributed by atoms with van der Waals surface area (Å²) in [7, 11) is 0. The van der Waals surface area contributed by atoms with Crippen LogP contribution in [0.25, 0.3) is 0 Å². The molecule has 92 valence electrons. The third-order valence-corrected chi connectivity index (χ3v) is 3.15. The maximum atomic E-state index is 11.3. The van der Waals surface area contributed by atoms with Gasteiger partial charge < -0.3 is 10.5 Å². The van der Waals surface area contributed by atoms with Crippen molar-refractivity contribution in [3.8, 4) is 5.75 Å². The molecule has 1 aliphatic heterocycles. The Kier molecular flexibility index (Phi) is 3.64. The number of benzene rings is 1. The fourth-order valence-corrected chi connectivity index (χ4v) is 2.28. The zero-order valence-corrected chi connectivity index (χ0v) is 10.0. The predicted molar refractivity (Wildman–Crippen MR) is 65.7 cm³/mol. The topological polar surface area (TPSA) is 55.6 Å². The number of likely N-dealkylation sites (N-methyl/N-ethyl adjacent to an activating group) is 1. The highest BCUT2D eigenvalue weighted by Crippen LogP contribution is 2.22. The summed E-state index contributed by atoms with van der Waals surface area (Å²) in [4.78, 5) is 13.4. The van der Waals surface area contributed by atoms with Crippen molar-refractivity contribution in [2.75, 3.05) is 13.1 Å². The molecule has 0 bridgehead atoms. The maximum absolute atomic E-state index is 11.3. The fourth-order valence-electron chi connectivity index (χ4n) is 2.28. The molecular formula is C13H18N2O2. The van der Waals surface area contributed by atoms with Crippen molar-refractivity contribution in [2.45, 2.75) is 25.5 Å². The average Bonchev–Trinajstić information content (AvgIpc) is 2.73. The van der Waals surface area contributed by atoms with Crippen LogP contribution in [0.3, 0.4) is 0 Å². The van der Waals surface area contributed by atoms with Crippen LogP contribution in [-0.4, -0.2) is 36.0 Å². The highest BCUT2D eigenvalue weighted by atomic mass is 16.5. The van der Waals surface area contributed by atoms with Gasteiger partial charge in [-0.1, -0.05) is 25.1 Å². The van der Waals surface area contributed by atoms with Crippen molar-refractivity contribution in [3.05, 3.63) is 30.3 Å². The molecule has 0 aliphatic carbocycles. The van der Waals surface area contributed by atoms with E-state index >= 15 is 0 Å². The van der Waals surface area contributed by atoms with Crippen molar-refractivity contribution >= 4 is 5.91 Å². The molecule has 0 saturated carbocycles. The third-order valence-electron chi connectivity index (χ3n) is 3.15. The lowest BCUT2D eigenvalue weighted by Gasteiger charge is -2.18. The number of amides is 1. The summed E-state index contributed by atoms with van der Waals surface area (Å²) in [5.74, 6) is 0.588. The van der Waals surface area contributed by atoms with Crippen LogP contribution in [0.2, 0.25) is 0 Å². The molecule has 4 nitrogen and oxygen atoms in total. The van der Waals surface area contributed by atoms with Crippen molar-refractivity contribution < 1.29 is 9.53 Å². The second kappa shape index (κ2) is 5.19. The summed E-state index contributed by atoms with van der Waals surface area (Å²) < 4.78 is 5.84. The zero-order valence-electron chi connectivity index (χ0n) is 10.0. The Morgan fingerprint density at radius 3 is 2.71 bits per heavy atom. The van der Waals surface area contributed by atoms with Crippen LogP contribution in [0.15, 0.2) is 30.3 Å². The number of hydrogen-bond acceptors (Lipinski definition) is 3. The number of carbonyl (C=O) groups is 1. The van der Waals surface area contributed by atoms with Gasteiger partial charge in [0.1, 0.15) is 11.9 Å². The van der Waals surface area contributed by atoms with E-state index in [-0.39, 0.29) is 18.1 Å². The molecule has 1 aromatic carbocycles. The zero-order chi connectivity index (χ0) is 12.3. The van der Waals surface area contributed by atoms with Crippen molar-refractivity contribution in [3.63, 3.8) is 0 Å². The van der Waals surface area contributed by atoms with E-state index in [0.29, 0.717) is 6.42 Å². The van der Waals surface area contributed by atoms with Crippen LogP contribution >= 0.6 is 0 Å². The van der Waals surface area contributed by atoms with E-state index in [1.54, 1.807) is 0 Å². The van der Waals surface area contributed by atoms with Gasteiger partial charge in [-0.05, 0) is 18.7 Å². The number of ether oxygens (including phenoxy) is 1. The van der Waals surface area contributed by atoms with Gasteiger partial charge in [0, 0.05) is 13.0 Å². The van der Waals surface area contributed by atoms with Gasteiger partial charge in [0.15, 0.2) is 0 Å². The normalized spacial score (nSPS) is 24.8. The highest BCUT2D eigenvalue weighted by Gasteiger charge is 2.35. The Bertz CT molecular complexity index is 380. The molecular weight excluding hydrogens is 216 g/mol. The molecule has 4 heteroatoms. The fraction of sp³-hybridized carbons (Fsp3) is 0.462. The van der Waals surface area contributed by atoms with Gasteiger partial charge in [0.05, 0.1) is 6.04 Å². The first kappa shape index (κ1) is 11.9. The number of para-hydroxylation sites is 1. The molecule has 0 unspecified atom stereocenters. The van der Waals surface area contributed by atoms with Gasteiger partial charge in [-0.2, -0.15) is 0 Å². The Hall–Kier alpha value is -1.55. The van der Waals surface area contributed by atoms with Gasteiger partial charge >= 0.3 is 0 Å². The lowest BCUT2D eigenvalue weighted by molar-refractivity contribution is -0.122. The Balaban J connectivity index is 1.99. The monoisotopic (exact) mass is 234 g/mol. The number of likely N-dealkylation sites (tertiary alicyclic amines) is 1. The summed E-state index contributed by atoms with van der Waals surface area (Å²) >= 11 is 0. The number of carbonyl (C=O) groups excluding carboxylic acids is 1. The van der Waals surface area contributed by atoms with E-state index in [1.807, 2.05) is 37.3 Å². The molecule has 0 aromatic heterocycles. The van der Waals surface area contributed by atoms with E-state index in [9.17, 15) is 4.79 Å². The molecule has 2 N–H and O–H groups in total. The SMILES string of the molecule is CCN1C[C@@H](Oc2ccccc2)C[C@H]1C(N)=O. The van der Waals surface area contributed by atoms with Crippen LogP contribution in [0.1, 0.15) is 13.3 Å². The molecule has 1 fully saturated rings. The van der Waals surface area contributed by atoms with Crippen LogP contribution in [0, 0.1) is 0 Å². The van der Waals surface area contributed by atoms with Crippen molar-refractivity contribution in [1.29, 1.82) is 0 Å². The van der Waals surface area contributed by atoms with E-state index in [2.05, 4.69) is 4.90 Å². The summed E-state index contributed by atoms with van der Waals surface area (Å²) in [5, 5.41) is 0. The lowest BCUT2D eigenvalue weighted by Crippen LogP contribution is -2.39. The van der Waals surface area contributed by atoms with Crippen LogP contribution < -0.4 is 10.5 Å². The summed E-state index contributed by atoms with van der Waals surface area (Å²) in [5.41, 5.74) is 5.38. The minimum Gasteiger partial charge on any atom is -0.489 e. The lowest BCUT2D eigenvalue weighted by atomic mass is 10.2. The first-order valence-corrected chi connectivity index (χ1v) is 5.95. The summed E-state index contributed by atoms with van der Waals surface area (Å²) in [6.45, 7) is 3.61. The van der Waals surface area contributed by atoms with Crippen molar-refractivity contribution in [1.82, 2.24) is 4.90 Å². The number of primary amides is 1. The molecule has 1 aromatic rings. The summed E-state index contributed by atoms with van der Waals surface area (Å²) in [6, 6.07) is 9.49. The second-order valence-electron chi connectivity index (χ2n) is 4.29. The van der Waals surface area contributed by atoms with Crippen LogP contribution in [0.5, 0.6) is 5.75 Å².